The van der Waals surface area contributed by atoms with Crippen LogP contribution in [0.4, 0.5) is 0 Å². The minimum atomic E-state index is 0. The van der Waals surface area contributed by atoms with Crippen molar-refractivity contribution in [3.8, 4) is 0 Å². The van der Waals surface area contributed by atoms with Gasteiger partial charge in [0.05, 0.1) is 17.1 Å². The first kappa shape index (κ1) is 21.0. The molecule has 0 saturated heterocycles. The predicted octanol–water partition coefficient (Wildman–Crippen LogP) is 0.838. The molecule has 3 N–H and O–H groups in total. The van der Waals surface area contributed by atoms with Gasteiger partial charge in [0.1, 0.15) is 0 Å². The number of aryl methyl sites for hydroxylation is 6. The zero-order chi connectivity index (χ0) is 16.0. The topological polar surface area (TPSA) is 86.0 Å². The normalized spacial score (nSPS) is 10.2. The fourth-order valence-corrected chi connectivity index (χ4v) is 3.39. The van der Waals surface area contributed by atoms with Gasteiger partial charge in [-0.3, -0.25) is 15.3 Å². The number of aromatic nitrogens is 6. The van der Waals surface area contributed by atoms with Crippen molar-refractivity contribution in [2.45, 2.75) is 41.5 Å². The maximum Gasteiger partial charge on any atom is 0.255 e. The third-order valence-corrected chi connectivity index (χ3v) is 4.42. The quantitative estimate of drug-likeness (QED) is 0.382. The van der Waals surface area contributed by atoms with Crippen molar-refractivity contribution in [2.24, 2.45) is 0 Å². The second-order valence-corrected chi connectivity index (χ2v) is 5.98. The van der Waals surface area contributed by atoms with Gasteiger partial charge < -0.3 is 0 Å². The molecule has 0 fully saturated rings. The van der Waals surface area contributed by atoms with Crippen LogP contribution >= 0.6 is 24.0 Å². The summed E-state index contributed by atoms with van der Waals surface area (Å²) in [6.07, 6.45) is 0. The third-order valence-electron chi connectivity index (χ3n) is 4.42. The van der Waals surface area contributed by atoms with Crippen LogP contribution in [0.1, 0.15) is 34.2 Å². The van der Waals surface area contributed by atoms with Gasteiger partial charge in [0.25, 0.3) is 6.71 Å². The molecular weight excluding hydrogens is 461 g/mol. The van der Waals surface area contributed by atoms with E-state index in [1.165, 1.54) is 16.4 Å². The Kier molecular flexibility index (Phi) is 6.87. The van der Waals surface area contributed by atoms with Crippen LogP contribution in [0.25, 0.3) is 0 Å². The van der Waals surface area contributed by atoms with Crippen LogP contribution in [-0.2, 0) is 16.5 Å². The zero-order valence-corrected chi connectivity index (χ0v) is 18.0. The zero-order valence-electron chi connectivity index (χ0n) is 14.6. The number of nitrogens with one attached hydrogen (secondary N) is 3. The van der Waals surface area contributed by atoms with E-state index in [0.29, 0.717) is 0 Å². The van der Waals surface area contributed by atoms with E-state index in [1.807, 2.05) is 20.8 Å². The van der Waals surface area contributed by atoms with Gasteiger partial charge in [-0.05, 0) is 57.9 Å². The average molecular weight is 483 g/mol. The fourth-order valence-electron chi connectivity index (χ4n) is 3.39. The van der Waals surface area contributed by atoms with Crippen molar-refractivity contribution in [3.63, 3.8) is 0 Å². The molecule has 0 saturated carbocycles. The molecule has 0 spiro atoms. The number of hydrogen-bond acceptors (Lipinski definition) is 3. The Hall–Kier alpha value is -1.08. The molecule has 3 aromatic heterocycles. The summed E-state index contributed by atoms with van der Waals surface area (Å²) in [7, 11) is 0. The molecule has 0 unspecified atom stereocenters. The molecule has 6 nitrogen and oxygen atoms in total. The van der Waals surface area contributed by atoms with Crippen LogP contribution in [0.15, 0.2) is 0 Å². The van der Waals surface area contributed by atoms with Gasteiger partial charge >= 0.3 is 0 Å². The van der Waals surface area contributed by atoms with Crippen molar-refractivity contribution in [1.29, 1.82) is 0 Å². The molecule has 0 aliphatic rings. The van der Waals surface area contributed by atoms with Gasteiger partial charge in [0, 0.05) is 33.6 Å². The summed E-state index contributed by atoms with van der Waals surface area (Å²) in [6, 6.07) is 0. The molecule has 0 bridgehead atoms. The molecule has 0 aliphatic carbocycles. The van der Waals surface area contributed by atoms with E-state index < -0.39 is 0 Å². The largest absolute Gasteiger partial charge is 0.283 e. The first-order valence-corrected chi connectivity index (χ1v) is 7.46. The minimum Gasteiger partial charge on any atom is -0.283 e. The van der Waals surface area contributed by atoms with Gasteiger partial charge in [-0.25, -0.2) is 0 Å². The second-order valence-electron chi connectivity index (χ2n) is 5.98. The summed E-state index contributed by atoms with van der Waals surface area (Å²) < 4.78 is 0. The summed E-state index contributed by atoms with van der Waals surface area (Å²) in [4.78, 5) is 0. The monoisotopic (exact) mass is 482 g/mol. The van der Waals surface area contributed by atoms with Crippen LogP contribution in [0, 0.1) is 41.5 Å². The molecule has 3 heterocycles. The van der Waals surface area contributed by atoms with Crippen LogP contribution < -0.4 is 16.4 Å². The molecule has 3 aromatic rings. The van der Waals surface area contributed by atoms with Crippen molar-refractivity contribution in [3.05, 3.63) is 34.2 Å². The van der Waals surface area contributed by atoms with Crippen LogP contribution in [0.3, 0.4) is 0 Å². The average Bonchev–Trinajstić information content (AvgIpc) is 3.08. The third kappa shape index (κ3) is 3.33. The van der Waals surface area contributed by atoms with Crippen molar-refractivity contribution in [1.82, 2.24) is 30.6 Å². The Morgan fingerprint density at radius 2 is 0.833 bits per heavy atom. The van der Waals surface area contributed by atoms with E-state index in [0.717, 1.165) is 34.2 Å². The molecule has 3 rings (SSSR count). The van der Waals surface area contributed by atoms with E-state index in [9.17, 15) is 0 Å². The number of rotatable bonds is 3. The molecule has 24 heavy (non-hydrogen) atoms. The molecule has 0 radical (unpaired) electrons. The van der Waals surface area contributed by atoms with Crippen LogP contribution in [-0.4, -0.2) is 37.3 Å². The summed E-state index contributed by atoms with van der Waals surface area (Å²) in [6.45, 7) is 12.4. The van der Waals surface area contributed by atoms with E-state index in [4.69, 9.17) is 0 Å². The second kappa shape index (κ2) is 7.87. The first-order valence-electron chi connectivity index (χ1n) is 7.46. The number of aromatic amines is 3. The van der Waals surface area contributed by atoms with Gasteiger partial charge in [-0.15, -0.1) is 24.0 Å². The Morgan fingerprint density at radius 1 is 0.583 bits per heavy atom. The molecule has 0 atom stereocenters. The SMILES string of the molecule is Cc1n[nH]c(C)c1B(c1c(C)n[nH]c1C)c1c(C)n[nH]c1C.I.[Ni]. The van der Waals surface area contributed by atoms with Crippen molar-refractivity contribution in [2.75, 3.05) is 0 Å². The van der Waals surface area contributed by atoms with E-state index in [2.05, 4.69) is 51.4 Å². The maximum absolute atomic E-state index is 4.39. The van der Waals surface area contributed by atoms with E-state index in [1.54, 1.807) is 0 Å². The van der Waals surface area contributed by atoms with E-state index in [-0.39, 0.29) is 47.2 Å². The number of H-pyrrole nitrogens is 3. The number of halogens is 1. The molecular formula is C15H22BIN6Ni. The Morgan fingerprint density at radius 3 is 1.00 bits per heavy atom. The Labute approximate surface area is 169 Å². The molecule has 0 aromatic carbocycles. The summed E-state index contributed by atoms with van der Waals surface area (Å²) >= 11 is 0. The van der Waals surface area contributed by atoms with Crippen molar-refractivity contribution >= 4 is 47.1 Å². The molecule has 0 aliphatic heterocycles. The van der Waals surface area contributed by atoms with Crippen molar-refractivity contribution < 1.29 is 16.5 Å². The molecule has 9 heteroatoms. The standard InChI is InChI=1S/C15H21BN6.HI.Ni/c1-7-13(8(2)18-17-7)16(14-9(3)19-20-10(14)4)15-11(5)21-22-12(15)6;;/h1-6H3,(H,17,18)(H,19,20)(H,21,22);1H;. The number of hydrogen-bond donors (Lipinski definition) is 3. The van der Waals surface area contributed by atoms with Gasteiger partial charge in [0.2, 0.25) is 0 Å². The van der Waals surface area contributed by atoms with E-state index >= 15 is 0 Å². The minimum absolute atomic E-state index is 0. The van der Waals surface area contributed by atoms with Gasteiger partial charge in [0.15, 0.2) is 0 Å². The fraction of sp³-hybridized carbons (Fsp3) is 0.400. The molecule has 132 valence electrons. The molecule has 0 amide bonds. The summed E-state index contributed by atoms with van der Waals surface area (Å²) in [5, 5.41) is 22.5. The predicted molar refractivity (Wildman–Crippen MR) is 104 cm³/mol. The Balaban J connectivity index is 0.00000144. The summed E-state index contributed by atoms with van der Waals surface area (Å²) in [5.41, 5.74) is 9.93. The number of nitrogens with zero attached hydrogens (tertiary/aromatic N) is 3. The van der Waals surface area contributed by atoms with Crippen LogP contribution in [0.2, 0.25) is 0 Å². The smallest absolute Gasteiger partial charge is 0.255 e. The maximum atomic E-state index is 4.39. The van der Waals surface area contributed by atoms with Gasteiger partial charge in [-0.1, -0.05) is 0 Å². The van der Waals surface area contributed by atoms with Gasteiger partial charge in [-0.2, -0.15) is 15.3 Å². The Bertz CT molecular complexity index is 669. The summed E-state index contributed by atoms with van der Waals surface area (Å²) in [5.74, 6) is 0. The van der Waals surface area contributed by atoms with Crippen LogP contribution in [0.5, 0.6) is 0 Å². The first-order chi connectivity index (χ1) is 10.4.